The van der Waals surface area contributed by atoms with Crippen LogP contribution in [0.4, 0.5) is 8.78 Å². The van der Waals surface area contributed by atoms with E-state index in [0.29, 0.717) is 6.42 Å². The SMILES string of the molecule is O=C(O)C1C=CC(c2ccn(-c3ccc(OC(F)F)cc3)c2)=CC1. The number of hydrogen-bond donors (Lipinski definition) is 1. The molecule has 1 atom stereocenters. The molecule has 24 heavy (non-hydrogen) atoms. The number of carboxylic acid groups (broad SMARTS) is 1. The molecule has 0 aliphatic heterocycles. The van der Waals surface area contributed by atoms with Gasteiger partial charge in [-0.2, -0.15) is 8.78 Å². The van der Waals surface area contributed by atoms with Gasteiger partial charge in [-0.05, 0) is 47.9 Å². The molecule has 1 aromatic heterocycles. The number of halogens is 2. The zero-order valence-corrected chi connectivity index (χ0v) is 12.6. The van der Waals surface area contributed by atoms with E-state index in [0.717, 1.165) is 16.8 Å². The molecule has 0 saturated carbocycles. The topological polar surface area (TPSA) is 51.5 Å². The lowest BCUT2D eigenvalue weighted by molar-refractivity contribution is -0.139. The lowest BCUT2D eigenvalue weighted by Gasteiger charge is -2.11. The van der Waals surface area contributed by atoms with Gasteiger partial charge in [0.25, 0.3) is 0 Å². The molecule has 0 fully saturated rings. The molecule has 4 nitrogen and oxygen atoms in total. The van der Waals surface area contributed by atoms with E-state index in [1.165, 1.54) is 12.1 Å². The number of ether oxygens (including phenoxy) is 1. The van der Waals surface area contributed by atoms with Gasteiger partial charge in [0.1, 0.15) is 5.75 Å². The van der Waals surface area contributed by atoms with Gasteiger partial charge in [0.2, 0.25) is 0 Å². The largest absolute Gasteiger partial charge is 0.481 e. The Morgan fingerprint density at radius 3 is 2.58 bits per heavy atom. The Bertz CT molecular complexity index is 791. The zero-order valence-electron chi connectivity index (χ0n) is 12.6. The van der Waals surface area contributed by atoms with Crippen LogP contribution in [0, 0.1) is 5.92 Å². The van der Waals surface area contributed by atoms with Crippen LogP contribution in [-0.2, 0) is 4.79 Å². The summed E-state index contributed by atoms with van der Waals surface area (Å²) in [5.41, 5.74) is 2.73. The maximum absolute atomic E-state index is 12.2. The van der Waals surface area contributed by atoms with Gasteiger partial charge in [0.15, 0.2) is 0 Å². The van der Waals surface area contributed by atoms with Crippen molar-refractivity contribution in [2.45, 2.75) is 13.0 Å². The fourth-order valence-corrected chi connectivity index (χ4v) is 2.55. The average Bonchev–Trinajstić information content (AvgIpc) is 3.05. The lowest BCUT2D eigenvalue weighted by atomic mass is 9.94. The van der Waals surface area contributed by atoms with E-state index in [2.05, 4.69) is 4.74 Å². The Kier molecular flexibility index (Phi) is 4.46. The second-order valence-corrected chi connectivity index (χ2v) is 5.38. The first-order valence-electron chi connectivity index (χ1n) is 7.38. The number of allylic oxidation sites excluding steroid dienone is 3. The van der Waals surface area contributed by atoms with Gasteiger partial charge in [-0.1, -0.05) is 18.2 Å². The van der Waals surface area contributed by atoms with Crippen LogP contribution in [0.1, 0.15) is 12.0 Å². The summed E-state index contributed by atoms with van der Waals surface area (Å²) in [7, 11) is 0. The van der Waals surface area contributed by atoms with Crippen LogP contribution in [-0.4, -0.2) is 22.3 Å². The van der Waals surface area contributed by atoms with E-state index in [9.17, 15) is 13.6 Å². The van der Waals surface area contributed by atoms with E-state index < -0.39 is 18.5 Å². The molecule has 1 aliphatic rings. The predicted molar refractivity (Wildman–Crippen MR) is 85.3 cm³/mol. The molecule has 1 aromatic carbocycles. The molecular weight excluding hydrogens is 316 g/mol. The number of aliphatic carboxylic acids is 1. The van der Waals surface area contributed by atoms with Crippen molar-refractivity contribution >= 4 is 11.5 Å². The maximum atomic E-state index is 12.2. The van der Waals surface area contributed by atoms with Crippen LogP contribution < -0.4 is 4.74 Å². The molecule has 0 amide bonds. The summed E-state index contributed by atoms with van der Waals surface area (Å²) >= 11 is 0. The Hall–Kier alpha value is -2.89. The van der Waals surface area contributed by atoms with Gasteiger partial charge >= 0.3 is 12.6 Å². The highest BCUT2D eigenvalue weighted by Gasteiger charge is 2.16. The summed E-state index contributed by atoms with van der Waals surface area (Å²) < 4.78 is 30.5. The predicted octanol–water partition coefficient (Wildman–Crippen LogP) is 4.12. The molecule has 3 rings (SSSR count). The minimum absolute atomic E-state index is 0.110. The fraction of sp³-hybridized carbons (Fsp3) is 0.167. The van der Waals surface area contributed by atoms with Gasteiger partial charge in [-0.3, -0.25) is 4.79 Å². The highest BCUT2D eigenvalue weighted by Crippen LogP contribution is 2.26. The van der Waals surface area contributed by atoms with Crippen LogP contribution in [0.2, 0.25) is 0 Å². The minimum atomic E-state index is -2.84. The molecular formula is C18H15F2NO3. The number of carbonyl (C=O) groups is 1. The Balaban J connectivity index is 1.74. The van der Waals surface area contributed by atoms with E-state index in [4.69, 9.17) is 5.11 Å². The van der Waals surface area contributed by atoms with Gasteiger partial charge in [0, 0.05) is 18.1 Å². The molecule has 1 unspecified atom stereocenters. The zero-order chi connectivity index (χ0) is 17.1. The smallest absolute Gasteiger partial charge is 0.387 e. The molecule has 124 valence electrons. The van der Waals surface area contributed by atoms with Crippen molar-refractivity contribution in [1.29, 1.82) is 0 Å². The van der Waals surface area contributed by atoms with Crippen LogP contribution in [0.5, 0.6) is 5.75 Å². The second kappa shape index (κ2) is 6.70. The van der Waals surface area contributed by atoms with Gasteiger partial charge in [-0.15, -0.1) is 0 Å². The monoisotopic (exact) mass is 331 g/mol. The first-order chi connectivity index (χ1) is 11.5. The van der Waals surface area contributed by atoms with Crippen LogP contribution >= 0.6 is 0 Å². The third-order valence-corrected chi connectivity index (χ3v) is 3.80. The molecule has 1 N–H and O–H groups in total. The summed E-state index contributed by atoms with van der Waals surface area (Å²) in [4.78, 5) is 10.9. The number of rotatable bonds is 5. The van der Waals surface area contributed by atoms with E-state index in [-0.39, 0.29) is 5.75 Å². The third-order valence-electron chi connectivity index (χ3n) is 3.80. The van der Waals surface area contributed by atoms with Crippen molar-refractivity contribution < 1.29 is 23.4 Å². The molecule has 0 bridgehead atoms. The van der Waals surface area contributed by atoms with Crippen molar-refractivity contribution in [1.82, 2.24) is 4.57 Å². The standard InChI is InChI=1S/C18H15F2NO3/c19-18(20)24-16-7-5-15(6-8-16)21-10-9-14(11-21)12-1-3-13(4-2-12)17(22)23/h1-3,5-11,13,18H,4H2,(H,22,23). The molecule has 2 aromatic rings. The third kappa shape index (κ3) is 3.53. The first-order valence-corrected chi connectivity index (χ1v) is 7.38. The summed E-state index contributed by atoms with van der Waals surface area (Å²) in [5, 5.41) is 8.98. The number of benzene rings is 1. The molecule has 0 saturated heterocycles. The van der Waals surface area contributed by atoms with E-state index in [1.54, 1.807) is 18.2 Å². The number of nitrogens with zero attached hydrogens (tertiary/aromatic N) is 1. The Morgan fingerprint density at radius 2 is 2.00 bits per heavy atom. The quantitative estimate of drug-likeness (QED) is 0.896. The molecule has 0 radical (unpaired) electrons. The van der Waals surface area contributed by atoms with Gasteiger partial charge in [0.05, 0.1) is 5.92 Å². The van der Waals surface area contributed by atoms with Crippen molar-refractivity contribution in [3.8, 4) is 11.4 Å². The molecule has 0 spiro atoms. The van der Waals surface area contributed by atoms with E-state index in [1.807, 2.05) is 35.2 Å². The molecule has 1 aliphatic carbocycles. The maximum Gasteiger partial charge on any atom is 0.387 e. The second-order valence-electron chi connectivity index (χ2n) is 5.38. The van der Waals surface area contributed by atoms with Crippen LogP contribution in [0.25, 0.3) is 11.3 Å². The summed E-state index contributed by atoms with van der Waals surface area (Å²) in [6.07, 6.45) is 9.62. The van der Waals surface area contributed by atoms with Crippen LogP contribution in [0.15, 0.2) is 61.0 Å². The Labute approximate surface area is 137 Å². The number of carboxylic acids is 1. The van der Waals surface area contributed by atoms with Crippen molar-refractivity contribution in [2.24, 2.45) is 5.92 Å². The van der Waals surface area contributed by atoms with Crippen molar-refractivity contribution in [2.75, 3.05) is 0 Å². The summed E-state index contributed by atoms with van der Waals surface area (Å²) in [6, 6.07) is 8.26. The van der Waals surface area contributed by atoms with Crippen molar-refractivity contribution in [3.63, 3.8) is 0 Å². The van der Waals surface area contributed by atoms with Crippen LogP contribution in [0.3, 0.4) is 0 Å². The van der Waals surface area contributed by atoms with E-state index >= 15 is 0 Å². The number of alkyl halides is 2. The average molecular weight is 331 g/mol. The molecule has 6 heteroatoms. The highest BCUT2D eigenvalue weighted by molar-refractivity contribution is 5.80. The Morgan fingerprint density at radius 1 is 1.25 bits per heavy atom. The molecule has 1 heterocycles. The lowest BCUT2D eigenvalue weighted by Crippen LogP contribution is -2.11. The minimum Gasteiger partial charge on any atom is -0.481 e. The summed E-state index contributed by atoms with van der Waals surface area (Å²) in [5.74, 6) is -1.19. The normalized spacial score (nSPS) is 17.0. The summed E-state index contributed by atoms with van der Waals surface area (Å²) in [6.45, 7) is -2.84. The van der Waals surface area contributed by atoms with Gasteiger partial charge < -0.3 is 14.4 Å². The van der Waals surface area contributed by atoms with Crippen molar-refractivity contribution in [3.05, 3.63) is 66.5 Å². The number of aromatic nitrogens is 1. The fourth-order valence-electron chi connectivity index (χ4n) is 2.55. The van der Waals surface area contributed by atoms with Gasteiger partial charge in [-0.25, -0.2) is 0 Å². The first kappa shape index (κ1) is 16.0. The highest BCUT2D eigenvalue weighted by atomic mass is 19.3. The number of hydrogen-bond acceptors (Lipinski definition) is 2.